The second-order valence-corrected chi connectivity index (χ2v) is 4.91. The van der Waals surface area contributed by atoms with Gasteiger partial charge in [-0.15, -0.1) is 0 Å². The zero-order chi connectivity index (χ0) is 14.0. The normalized spacial score (nSPS) is 11.7. The SMILES string of the molecule is CC(C)(CCO)Nc1nc2cc([N+](=O)[O-])ccc2o1. The summed E-state index contributed by atoms with van der Waals surface area (Å²) in [5, 5.41) is 22.7. The molecule has 0 radical (unpaired) electrons. The number of nitrogens with one attached hydrogen (secondary N) is 1. The maximum Gasteiger partial charge on any atom is 0.296 e. The van der Waals surface area contributed by atoms with E-state index in [0.29, 0.717) is 17.5 Å². The van der Waals surface area contributed by atoms with Crippen LogP contribution in [0.4, 0.5) is 11.7 Å². The number of hydrogen-bond donors (Lipinski definition) is 2. The molecule has 0 saturated carbocycles. The molecule has 1 aromatic carbocycles. The number of nitro groups is 1. The van der Waals surface area contributed by atoms with E-state index in [4.69, 9.17) is 9.52 Å². The molecule has 2 rings (SSSR count). The van der Waals surface area contributed by atoms with Crippen molar-refractivity contribution in [2.45, 2.75) is 25.8 Å². The van der Waals surface area contributed by atoms with Crippen molar-refractivity contribution in [3.05, 3.63) is 28.3 Å². The van der Waals surface area contributed by atoms with E-state index in [1.54, 1.807) is 0 Å². The summed E-state index contributed by atoms with van der Waals surface area (Å²) in [7, 11) is 0. The molecule has 0 fully saturated rings. The zero-order valence-corrected chi connectivity index (χ0v) is 10.7. The first-order valence-electron chi connectivity index (χ1n) is 5.85. The molecule has 7 heteroatoms. The smallest absolute Gasteiger partial charge is 0.296 e. The Hall–Kier alpha value is -2.15. The van der Waals surface area contributed by atoms with Gasteiger partial charge in [-0.05, 0) is 26.3 Å². The van der Waals surface area contributed by atoms with Gasteiger partial charge in [0.05, 0.1) is 4.92 Å². The average molecular weight is 265 g/mol. The van der Waals surface area contributed by atoms with Gasteiger partial charge in [0, 0.05) is 24.3 Å². The molecule has 0 aliphatic rings. The number of non-ortho nitro benzene ring substituents is 1. The lowest BCUT2D eigenvalue weighted by Crippen LogP contribution is -2.31. The van der Waals surface area contributed by atoms with E-state index in [2.05, 4.69) is 10.3 Å². The molecule has 0 spiro atoms. The molecule has 0 saturated heterocycles. The largest absolute Gasteiger partial charge is 0.424 e. The van der Waals surface area contributed by atoms with E-state index in [-0.39, 0.29) is 23.8 Å². The van der Waals surface area contributed by atoms with Crippen LogP contribution in [0, 0.1) is 10.1 Å². The van der Waals surface area contributed by atoms with Gasteiger partial charge in [-0.3, -0.25) is 10.1 Å². The Morgan fingerprint density at radius 2 is 2.26 bits per heavy atom. The van der Waals surface area contributed by atoms with Crippen molar-refractivity contribution in [3.8, 4) is 0 Å². The van der Waals surface area contributed by atoms with Crippen LogP contribution in [0.3, 0.4) is 0 Å². The molecule has 7 nitrogen and oxygen atoms in total. The Morgan fingerprint density at radius 1 is 1.53 bits per heavy atom. The summed E-state index contributed by atoms with van der Waals surface area (Å²) >= 11 is 0. The van der Waals surface area contributed by atoms with Gasteiger partial charge in [0.25, 0.3) is 11.7 Å². The number of anilines is 1. The minimum absolute atomic E-state index is 0.0260. The molecule has 0 amide bonds. The van der Waals surface area contributed by atoms with Crippen LogP contribution in [0.25, 0.3) is 11.1 Å². The van der Waals surface area contributed by atoms with Gasteiger partial charge in [-0.25, -0.2) is 0 Å². The lowest BCUT2D eigenvalue weighted by molar-refractivity contribution is -0.384. The predicted molar refractivity (Wildman–Crippen MR) is 70.1 cm³/mol. The van der Waals surface area contributed by atoms with Crippen molar-refractivity contribution in [1.82, 2.24) is 4.98 Å². The molecule has 0 aliphatic heterocycles. The van der Waals surface area contributed by atoms with Gasteiger partial charge in [-0.1, -0.05) is 0 Å². The zero-order valence-electron chi connectivity index (χ0n) is 10.7. The standard InChI is InChI=1S/C12H15N3O4/c1-12(2,5-6-16)14-11-13-9-7-8(15(17)18)3-4-10(9)19-11/h3-4,7,16H,5-6H2,1-2H3,(H,13,14). The number of rotatable bonds is 5. The number of hydrogen-bond acceptors (Lipinski definition) is 6. The topological polar surface area (TPSA) is 101 Å². The Kier molecular flexibility index (Phi) is 3.39. The summed E-state index contributed by atoms with van der Waals surface area (Å²) in [6.07, 6.45) is 0.534. The van der Waals surface area contributed by atoms with E-state index in [1.807, 2.05) is 13.8 Å². The average Bonchev–Trinajstić information content (AvgIpc) is 2.68. The number of nitro benzene ring substituents is 1. The van der Waals surface area contributed by atoms with E-state index < -0.39 is 4.92 Å². The van der Waals surface area contributed by atoms with Crippen molar-refractivity contribution in [2.75, 3.05) is 11.9 Å². The van der Waals surface area contributed by atoms with Crippen LogP contribution in [0.2, 0.25) is 0 Å². The van der Waals surface area contributed by atoms with Crippen molar-refractivity contribution < 1.29 is 14.4 Å². The first-order valence-corrected chi connectivity index (χ1v) is 5.85. The van der Waals surface area contributed by atoms with Crippen LogP contribution < -0.4 is 5.32 Å². The first-order chi connectivity index (χ1) is 8.91. The number of oxazole rings is 1. The molecule has 2 N–H and O–H groups in total. The number of fused-ring (bicyclic) bond motifs is 1. The monoisotopic (exact) mass is 265 g/mol. The number of aromatic nitrogens is 1. The maximum atomic E-state index is 10.7. The molecule has 1 heterocycles. The summed E-state index contributed by atoms with van der Waals surface area (Å²) in [5.41, 5.74) is 0.507. The van der Waals surface area contributed by atoms with Crippen molar-refractivity contribution >= 4 is 22.8 Å². The first kappa shape index (κ1) is 13.3. The van der Waals surface area contributed by atoms with Gasteiger partial charge < -0.3 is 14.8 Å². The number of aliphatic hydroxyl groups is 1. The highest BCUT2D eigenvalue weighted by molar-refractivity contribution is 5.77. The van der Waals surface area contributed by atoms with Gasteiger partial charge in [0.2, 0.25) is 0 Å². The number of nitrogens with zero attached hydrogens (tertiary/aromatic N) is 2. The van der Waals surface area contributed by atoms with Crippen LogP contribution in [-0.2, 0) is 0 Å². The van der Waals surface area contributed by atoms with E-state index in [0.717, 1.165) is 0 Å². The number of aliphatic hydroxyl groups excluding tert-OH is 1. The van der Waals surface area contributed by atoms with Crippen LogP contribution in [0.5, 0.6) is 0 Å². The molecule has 0 bridgehead atoms. The minimum atomic E-state index is -0.475. The second-order valence-electron chi connectivity index (χ2n) is 4.91. The fourth-order valence-corrected chi connectivity index (χ4v) is 1.71. The third-order valence-corrected chi connectivity index (χ3v) is 2.76. The molecular weight excluding hydrogens is 250 g/mol. The third-order valence-electron chi connectivity index (χ3n) is 2.76. The molecule has 1 aromatic heterocycles. The highest BCUT2D eigenvalue weighted by atomic mass is 16.6. The predicted octanol–water partition coefficient (Wildman–Crippen LogP) is 2.31. The van der Waals surface area contributed by atoms with Gasteiger partial charge in [-0.2, -0.15) is 4.98 Å². The molecule has 0 unspecified atom stereocenters. The van der Waals surface area contributed by atoms with Gasteiger partial charge >= 0.3 is 0 Å². The van der Waals surface area contributed by atoms with Crippen molar-refractivity contribution in [3.63, 3.8) is 0 Å². The van der Waals surface area contributed by atoms with E-state index >= 15 is 0 Å². The summed E-state index contributed by atoms with van der Waals surface area (Å²) in [6, 6.07) is 4.54. The molecular formula is C12H15N3O4. The lowest BCUT2D eigenvalue weighted by atomic mass is 10.0. The summed E-state index contributed by atoms with van der Waals surface area (Å²) in [4.78, 5) is 14.4. The van der Waals surface area contributed by atoms with E-state index in [1.165, 1.54) is 18.2 Å². The Bertz CT molecular complexity index is 606. The second kappa shape index (κ2) is 4.85. The van der Waals surface area contributed by atoms with Crippen LogP contribution >= 0.6 is 0 Å². The molecule has 102 valence electrons. The highest BCUT2D eigenvalue weighted by Gasteiger charge is 2.20. The molecule has 2 aromatic rings. The third kappa shape index (κ3) is 3.00. The minimum Gasteiger partial charge on any atom is -0.424 e. The quantitative estimate of drug-likeness (QED) is 0.635. The van der Waals surface area contributed by atoms with Crippen LogP contribution in [-0.4, -0.2) is 27.2 Å². The van der Waals surface area contributed by atoms with Gasteiger partial charge in [0.15, 0.2) is 5.58 Å². The highest BCUT2D eigenvalue weighted by Crippen LogP contribution is 2.25. The summed E-state index contributed by atoms with van der Waals surface area (Å²) < 4.78 is 5.46. The molecule has 0 atom stereocenters. The summed E-state index contributed by atoms with van der Waals surface area (Å²) in [6.45, 7) is 3.85. The molecule has 0 aliphatic carbocycles. The Balaban J connectivity index is 2.29. The van der Waals surface area contributed by atoms with E-state index in [9.17, 15) is 10.1 Å². The fraction of sp³-hybridized carbons (Fsp3) is 0.417. The fourth-order valence-electron chi connectivity index (χ4n) is 1.71. The van der Waals surface area contributed by atoms with Crippen LogP contribution in [0.15, 0.2) is 22.6 Å². The maximum absolute atomic E-state index is 10.7. The Morgan fingerprint density at radius 3 is 2.89 bits per heavy atom. The van der Waals surface area contributed by atoms with Gasteiger partial charge in [0.1, 0.15) is 5.52 Å². The molecule has 19 heavy (non-hydrogen) atoms. The Labute approximate surface area is 109 Å². The van der Waals surface area contributed by atoms with Crippen molar-refractivity contribution in [2.24, 2.45) is 0 Å². The summed E-state index contributed by atoms with van der Waals surface area (Å²) in [5.74, 6) is 0. The van der Waals surface area contributed by atoms with Crippen molar-refractivity contribution in [1.29, 1.82) is 0 Å². The van der Waals surface area contributed by atoms with Crippen LogP contribution in [0.1, 0.15) is 20.3 Å². The number of benzene rings is 1. The lowest BCUT2D eigenvalue weighted by Gasteiger charge is -2.23.